The summed E-state index contributed by atoms with van der Waals surface area (Å²) in [5, 5.41) is 0.835. The van der Waals surface area contributed by atoms with Gasteiger partial charge in [0.15, 0.2) is 0 Å². The molecule has 0 spiro atoms. The number of benzene rings is 2. The van der Waals surface area contributed by atoms with Gasteiger partial charge >= 0.3 is 0 Å². The third-order valence-electron chi connectivity index (χ3n) is 4.08. The van der Waals surface area contributed by atoms with Crippen molar-refractivity contribution in [2.75, 3.05) is 0 Å². The molecule has 0 fully saturated rings. The first-order valence-electron chi connectivity index (χ1n) is 7.70. The Hall–Kier alpha value is -2.92. The summed E-state index contributed by atoms with van der Waals surface area (Å²) in [5.74, 6) is -1.90. The molecule has 2 nitrogen and oxygen atoms in total. The molecule has 0 bridgehead atoms. The van der Waals surface area contributed by atoms with Crippen LogP contribution in [-0.4, -0.2) is 9.97 Å². The smallest absolute Gasteiger partial charge is 0.135 e. The van der Waals surface area contributed by atoms with Crippen molar-refractivity contribution < 1.29 is 13.2 Å². The number of fused-ring (bicyclic) bond motifs is 1. The highest BCUT2D eigenvalue weighted by Gasteiger charge is 2.18. The van der Waals surface area contributed by atoms with Crippen LogP contribution in [0.3, 0.4) is 0 Å². The van der Waals surface area contributed by atoms with Crippen LogP contribution < -0.4 is 0 Å². The summed E-state index contributed by atoms with van der Waals surface area (Å²) in [6, 6.07) is 11.1. The van der Waals surface area contributed by atoms with Gasteiger partial charge < -0.3 is 0 Å². The van der Waals surface area contributed by atoms with Crippen LogP contribution in [0, 0.1) is 17.5 Å². The van der Waals surface area contributed by atoms with E-state index < -0.39 is 17.5 Å². The standard InChI is InChI=1S/C20H10ClF3N2/c21-15-10-11(22)4-5-13(15)12-6-8-25-19-14(12)7-9-26-20(19)18-16(23)2-1-3-17(18)24/h1-10H. The predicted octanol–water partition coefficient (Wildman–Crippen LogP) is 6.03. The van der Waals surface area contributed by atoms with E-state index in [1.807, 2.05) is 0 Å². The van der Waals surface area contributed by atoms with Gasteiger partial charge in [0, 0.05) is 23.3 Å². The van der Waals surface area contributed by atoms with E-state index in [1.165, 1.54) is 42.7 Å². The Morgan fingerprint density at radius 2 is 1.50 bits per heavy atom. The Morgan fingerprint density at radius 3 is 2.23 bits per heavy atom. The third-order valence-corrected chi connectivity index (χ3v) is 4.39. The summed E-state index contributed by atoms with van der Waals surface area (Å²) >= 11 is 6.18. The fourth-order valence-corrected chi connectivity index (χ4v) is 3.20. The van der Waals surface area contributed by atoms with Gasteiger partial charge in [-0.1, -0.05) is 17.7 Å². The van der Waals surface area contributed by atoms with Gasteiger partial charge in [-0.25, -0.2) is 13.2 Å². The Balaban J connectivity index is 2.03. The second-order valence-electron chi connectivity index (χ2n) is 5.64. The van der Waals surface area contributed by atoms with Crippen LogP contribution in [0.5, 0.6) is 0 Å². The fourth-order valence-electron chi connectivity index (χ4n) is 2.93. The van der Waals surface area contributed by atoms with E-state index in [-0.39, 0.29) is 16.3 Å². The first-order valence-corrected chi connectivity index (χ1v) is 8.07. The monoisotopic (exact) mass is 370 g/mol. The minimum atomic E-state index is -0.725. The highest BCUT2D eigenvalue weighted by molar-refractivity contribution is 6.33. The highest BCUT2D eigenvalue weighted by atomic mass is 35.5. The van der Waals surface area contributed by atoms with Crippen LogP contribution in [-0.2, 0) is 0 Å². The van der Waals surface area contributed by atoms with E-state index in [1.54, 1.807) is 18.2 Å². The number of aromatic nitrogens is 2. The van der Waals surface area contributed by atoms with Gasteiger partial charge in [-0.2, -0.15) is 0 Å². The molecule has 2 aromatic carbocycles. The average molecular weight is 371 g/mol. The van der Waals surface area contributed by atoms with Crippen LogP contribution in [0.2, 0.25) is 5.02 Å². The summed E-state index contributed by atoms with van der Waals surface area (Å²) in [4.78, 5) is 8.39. The number of hydrogen-bond acceptors (Lipinski definition) is 2. The van der Waals surface area contributed by atoms with E-state index in [9.17, 15) is 13.2 Å². The number of pyridine rings is 2. The van der Waals surface area contributed by atoms with Crippen molar-refractivity contribution >= 4 is 22.5 Å². The zero-order chi connectivity index (χ0) is 18.3. The van der Waals surface area contributed by atoms with E-state index >= 15 is 0 Å². The van der Waals surface area contributed by atoms with Crippen molar-refractivity contribution in [2.45, 2.75) is 0 Å². The summed E-state index contributed by atoms with van der Waals surface area (Å²) < 4.78 is 41.8. The van der Waals surface area contributed by atoms with Crippen molar-refractivity contribution in [1.82, 2.24) is 9.97 Å². The Kier molecular flexibility index (Phi) is 4.09. The van der Waals surface area contributed by atoms with Gasteiger partial charge in [-0.15, -0.1) is 0 Å². The normalized spacial score (nSPS) is 11.1. The van der Waals surface area contributed by atoms with Gasteiger partial charge in [0.2, 0.25) is 0 Å². The maximum atomic E-state index is 14.2. The average Bonchev–Trinajstić information content (AvgIpc) is 2.61. The van der Waals surface area contributed by atoms with Crippen LogP contribution in [0.15, 0.2) is 60.9 Å². The van der Waals surface area contributed by atoms with Crippen LogP contribution in [0.25, 0.3) is 33.3 Å². The van der Waals surface area contributed by atoms with E-state index in [2.05, 4.69) is 9.97 Å². The molecule has 0 atom stereocenters. The highest BCUT2D eigenvalue weighted by Crippen LogP contribution is 2.36. The summed E-state index contributed by atoms with van der Waals surface area (Å²) in [6.45, 7) is 0. The van der Waals surface area contributed by atoms with E-state index in [4.69, 9.17) is 11.6 Å². The molecule has 0 aliphatic rings. The van der Waals surface area contributed by atoms with E-state index in [0.29, 0.717) is 22.0 Å². The molecular weight excluding hydrogens is 361 g/mol. The molecule has 0 unspecified atom stereocenters. The molecule has 26 heavy (non-hydrogen) atoms. The van der Waals surface area contributed by atoms with E-state index in [0.717, 1.165) is 0 Å². The summed E-state index contributed by atoms with van der Waals surface area (Å²) in [6.07, 6.45) is 2.95. The van der Waals surface area contributed by atoms with Crippen molar-refractivity contribution in [1.29, 1.82) is 0 Å². The number of rotatable bonds is 2. The van der Waals surface area contributed by atoms with Gasteiger partial charge in [0.25, 0.3) is 0 Å². The largest absolute Gasteiger partial charge is 0.254 e. The number of hydrogen-bond donors (Lipinski definition) is 0. The van der Waals surface area contributed by atoms with Gasteiger partial charge in [-0.3, -0.25) is 9.97 Å². The maximum absolute atomic E-state index is 14.2. The molecule has 2 aromatic heterocycles. The minimum absolute atomic E-state index is 0.0955. The fraction of sp³-hybridized carbons (Fsp3) is 0. The molecule has 0 radical (unpaired) electrons. The Labute approximate surface area is 151 Å². The molecule has 4 rings (SSSR count). The summed E-state index contributed by atoms with van der Waals surface area (Å²) in [7, 11) is 0. The molecule has 0 saturated heterocycles. The quantitative estimate of drug-likeness (QED) is 0.430. The zero-order valence-electron chi connectivity index (χ0n) is 13.2. The molecule has 0 aliphatic heterocycles. The van der Waals surface area contributed by atoms with Gasteiger partial charge in [0.05, 0.1) is 16.1 Å². The van der Waals surface area contributed by atoms with Crippen LogP contribution >= 0.6 is 11.6 Å². The Morgan fingerprint density at radius 1 is 0.769 bits per heavy atom. The predicted molar refractivity (Wildman–Crippen MR) is 95.3 cm³/mol. The zero-order valence-corrected chi connectivity index (χ0v) is 13.9. The van der Waals surface area contributed by atoms with Crippen molar-refractivity contribution in [3.8, 4) is 22.4 Å². The second-order valence-corrected chi connectivity index (χ2v) is 6.04. The second kappa shape index (κ2) is 6.42. The van der Waals surface area contributed by atoms with Crippen molar-refractivity contribution in [3.63, 3.8) is 0 Å². The van der Waals surface area contributed by atoms with Crippen molar-refractivity contribution in [3.05, 3.63) is 83.4 Å². The maximum Gasteiger partial charge on any atom is 0.135 e. The first-order chi connectivity index (χ1) is 12.6. The summed E-state index contributed by atoms with van der Waals surface area (Å²) in [5.41, 5.74) is 1.44. The molecular formula is C20H10ClF3N2. The molecule has 2 heterocycles. The lowest BCUT2D eigenvalue weighted by Gasteiger charge is -2.11. The van der Waals surface area contributed by atoms with Gasteiger partial charge in [0.1, 0.15) is 23.1 Å². The molecule has 0 aliphatic carbocycles. The number of halogens is 4. The number of nitrogens with zero attached hydrogens (tertiary/aromatic N) is 2. The third kappa shape index (κ3) is 2.70. The lowest BCUT2D eigenvalue weighted by atomic mass is 9.99. The minimum Gasteiger partial charge on any atom is -0.254 e. The molecule has 6 heteroatoms. The van der Waals surface area contributed by atoms with Crippen LogP contribution in [0.4, 0.5) is 13.2 Å². The molecule has 128 valence electrons. The Bertz CT molecular complexity index is 1120. The van der Waals surface area contributed by atoms with Gasteiger partial charge in [-0.05, 0) is 48.0 Å². The van der Waals surface area contributed by atoms with Crippen molar-refractivity contribution in [2.24, 2.45) is 0 Å². The first kappa shape index (κ1) is 16.5. The SMILES string of the molecule is Fc1ccc(-c2ccnc3c(-c4c(F)cccc4F)nccc23)c(Cl)c1. The lowest BCUT2D eigenvalue weighted by molar-refractivity contribution is 0.589. The molecule has 4 aromatic rings. The molecule has 0 amide bonds. The lowest BCUT2D eigenvalue weighted by Crippen LogP contribution is -1.96. The molecule has 0 saturated carbocycles. The van der Waals surface area contributed by atoms with Crippen LogP contribution in [0.1, 0.15) is 0 Å². The topological polar surface area (TPSA) is 25.8 Å². The molecule has 0 N–H and O–H groups in total.